The molecule has 0 aromatic heterocycles. The summed E-state index contributed by atoms with van der Waals surface area (Å²) in [6.07, 6.45) is 5.48. The predicted octanol–water partition coefficient (Wildman–Crippen LogP) is 2.33. The molecule has 0 spiro atoms. The zero-order chi connectivity index (χ0) is 27.3. The molecule has 34 heavy (non-hydrogen) atoms. The Labute approximate surface area is 217 Å². The van der Waals surface area contributed by atoms with Crippen molar-refractivity contribution in [3.8, 4) is 0 Å². The number of amides is 1. The van der Waals surface area contributed by atoms with E-state index < -0.39 is 26.8 Å². The molecule has 0 bridgehead atoms. The van der Waals surface area contributed by atoms with Crippen LogP contribution in [-0.2, 0) is 22.9 Å². The smallest absolute Gasteiger partial charge is 0.465 e. The minimum atomic E-state index is -2.60. The molecule has 0 heterocycles. The Hall–Kier alpha value is -0.894. The predicted molar refractivity (Wildman–Crippen MR) is 133 cm³/mol. The van der Waals surface area contributed by atoms with Gasteiger partial charge in [-0.15, -0.1) is 0 Å². The van der Waals surface area contributed by atoms with Crippen LogP contribution < -0.4 is 15.5 Å². The molecule has 0 radical (unpaired) electrons. The van der Waals surface area contributed by atoms with Crippen molar-refractivity contribution >= 4 is 48.0 Å². The van der Waals surface area contributed by atoms with Gasteiger partial charge in [-0.1, -0.05) is 0 Å². The molecule has 0 atom stereocenters. The molecule has 10 nitrogen and oxygen atoms in total. The summed E-state index contributed by atoms with van der Waals surface area (Å²) in [6.45, 7) is 14.2. The fourth-order valence-electron chi connectivity index (χ4n) is 2.23. The van der Waals surface area contributed by atoms with Crippen LogP contribution in [0, 0.1) is 0 Å². The van der Waals surface area contributed by atoms with Crippen LogP contribution in [0.4, 0.5) is 4.79 Å². The molecule has 2 N–H and O–H groups in total. The minimum absolute atomic E-state index is 0.149. The fraction of sp³-hybridized carbons (Fsp3) is 0.864. The van der Waals surface area contributed by atoms with Crippen molar-refractivity contribution in [1.82, 2.24) is 5.32 Å². The Bertz CT molecular complexity index is 429. The molecule has 202 valence electrons. The van der Waals surface area contributed by atoms with E-state index in [1.54, 1.807) is 8.87 Å². The van der Waals surface area contributed by atoms with Gasteiger partial charge in [0, 0.05) is 44.3 Å². The van der Waals surface area contributed by atoms with Crippen molar-refractivity contribution in [3.63, 3.8) is 0 Å². The van der Waals surface area contributed by atoms with Gasteiger partial charge in [-0.05, 0) is 41.0 Å². The van der Waals surface area contributed by atoms with E-state index in [2.05, 4.69) is 19.2 Å². The van der Waals surface area contributed by atoms with Gasteiger partial charge >= 0.3 is 84.4 Å². The summed E-state index contributed by atoms with van der Waals surface area (Å²) in [4.78, 5) is 28.1. The van der Waals surface area contributed by atoms with Crippen molar-refractivity contribution in [3.05, 3.63) is 0 Å². The Kier molecular flexibility index (Phi) is 38.0. The number of rotatable bonds is 16. The average Bonchev–Trinajstić information content (AvgIpc) is 2.71. The van der Waals surface area contributed by atoms with Gasteiger partial charge in [0.25, 0.3) is 0 Å². The van der Waals surface area contributed by atoms with Gasteiger partial charge in [-0.25, -0.2) is 4.79 Å². The van der Waals surface area contributed by atoms with Crippen molar-refractivity contribution in [2.45, 2.75) is 95.5 Å². The summed E-state index contributed by atoms with van der Waals surface area (Å²) in [5, 5.41) is 28.6. The first-order valence-corrected chi connectivity index (χ1v) is 17.9. The Balaban J connectivity index is -0.000000219. The molecule has 0 fully saturated rings. The van der Waals surface area contributed by atoms with Crippen LogP contribution >= 0.6 is 0 Å². The topological polar surface area (TPSA) is 157 Å². The molecule has 0 aliphatic carbocycles. The molecule has 0 aliphatic heterocycles. The summed E-state index contributed by atoms with van der Waals surface area (Å²) < 4.78 is 20.2. The third-order valence-corrected chi connectivity index (χ3v) is 10.6. The quantitative estimate of drug-likeness (QED) is 0.196. The average molecular weight is 616 g/mol. The van der Waals surface area contributed by atoms with E-state index in [4.69, 9.17) is 38.2 Å². The van der Waals surface area contributed by atoms with Crippen LogP contribution in [0.3, 0.4) is 0 Å². The summed E-state index contributed by atoms with van der Waals surface area (Å²) >= 11 is 0.149. The zero-order valence-corrected chi connectivity index (χ0v) is 26.1. The first kappa shape index (κ1) is 40.3. The number of carboxylic acid groups (broad SMARTS) is 3. The number of carbonyl (C=O) groups is 3. The van der Waals surface area contributed by atoms with Gasteiger partial charge in [-0.3, -0.25) is 0 Å². The number of nitrogens with one attached hydrogen (secondary N) is 1. The molecule has 1 amide bonds. The van der Waals surface area contributed by atoms with Gasteiger partial charge in [0.05, 0.1) is 0 Å². The molecule has 0 unspecified atom stereocenters. The second-order valence-corrected chi connectivity index (χ2v) is 13.8. The van der Waals surface area contributed by atoms with Crippen molar-refractivity contribution in [1.29, 1.82) is 0 Å². The van der Waals surface area contributed by atoms with Crippen molar-refractivity contribution in [2.24, 2.45) is 0 Å². The largest absolute Gasteiger partial charge is 0.500 e. The van der Waals surface area contributed by atoms with Crippen LogP contribution in [0.15, 0.2) is 0 Å². The number of unbranched alkanes of at least 4 members (excludes halogenated alkanes) is 2. The monoisotopic (exact) mass is 617 g/mol. The normalized spacial score (nSPS) is 9.62. The minimum Gasteiger partial charge on any atom is -0.465 e. The van der Waals surface area contributed by atoms with Gasteiger partial charge in [-0.2, -0.15) is 0 Å². The Morgan fingerprint density at radius 1 is 0.794 bits per heavy atom. The SMILES string of the molecule is CC(=O)[O-].CC(=O)[O-].CCC[CH2][Sn+2][CH2]CCC.CCO[Si](CCCNC(=O)O)(OCC)OCC. The van der Waals surface area contributed by atoms with Crippen LogP contribution in [0.2, 0.25) is 14.9 Å². The molecule has 0 rings (SSSR count). The van der Waals surface area contributed by atoms with E-state index in [-0.39, 0.29) is 21.1 Å². The van der Waals surface area contributed by atoms with Crippen LogP contribution in [0.5, 0.6) is 0 Å². The van der Waals surface area contributed by atoms with E-state index in [1.165, 1.54) is 25.7 Å². The number of carboxylic acids is 2. The first-order valence-electron chi connectivity index (χ1n) is 11.9. The third kappa shape index (κ3) is 44.7. The third-order valence-electron chi connectivity index (χ3n) is 3.44. The second kappa shape index (κ2) is 32.1. The van der Waals surface area contributed by atoms with Crippen molar-refractivity contribution in [2.75, 3.05) is 26.4 Å². The fourth-order valence-corrected chi connectivity index (χ4v) is 9.00. The molecule has 0 saturated heterocycles. The second-order valence-electron chi connectivity index (χ2n) is 6.76. The molecule has 0 aliphatic rings. The summed E-state index contributed by atoms with van der Waals surface area (Å²) in [7, 11) is -2.60. The van der Waals surface area contributed by atoms with Crippen LogP contribution in [0.1, 0.15) is 80.6 Å². The zero-order valence-electron chi connectivity index (χ0n) is 22.2. The summed E-state index contributed by atoms with van der Waals surface area (Å²) in [5.41, 5.74) is 0. The summed E-state index contributed by atoms with van der Waals surface area (Å²) in [6, 6.07) is 0.628. The van der Waals surface area contributed by atoms with E-state index in [0.717, 1.165) is 13.8 Å². The molecule has 0 saturated carbocycles. The number of hydrogen-bond acceptors (Lipinski definition) is 8. The number of aliphatic carboxylic acids is 2. The van der Waals surface area contributed by atoms with E-state index in [1.807, 2.05) is 20.8 Å². The molecule has 12 heteroatoms. The standard InChI is InChI=1S/C10H23NO5Si.2C4H9.2C2H4O2.Sn/c1-4-14-17(15-5-2,16-6-3)9-7-8-11-10(12)13;2*1-3-4-2;2*1-2(3)4;/h11H,4-9H2,1-3H3,(H,12,13);2*1,3-4H2,2H3;2*1H3,(H,3,4);/q;;;;;+2/p-2. The maximum Gasteiger partial charge on any atom is 0.500 e. The number of hydrogen-bond donors (Lipinski definition) is 2. The molecular weight excluding hydrogens is 569 g/mol. The van der Waals surface area contributed by atoms with E-state index >= 15 is 0 Å². The van der Waals surface area contributed by atoms with Gasteiger partial charge in [0.1, 0.15) is 0 Å². The van der Waals surface area contributed by atoms with Crippen molar-refractivity contribution < 1.29 is 43.0 Å². The first-order chi connectivity index (χ1) is 16.0. The molecular formula is C22H47NO9SiSn. The number of carbonyl (C=O) groups excluding carboxylic acids is 2. The van der Waals surface area contributed by atoms with Crippen LogP contribution in [-0.4, -0.2) is 79.5 Å². The van der Waals surface area contributed by atoms with Gasteiger partial charge in [0.2, 0.25) is 0 Å². The van der Waals surface area contributed by atoms with Gasteiger partial charge < -0.3 is 43.5 Å². The molecule has 0 aromatic carbocycles. The maximum absolute atomic E-state index is 10.3. The summed E-state index contributed by atoms with van der Waals surface area (Å²) in [5.74, 6) is -2.17. The molecule has 0 aromatic rings. The van der Waals surface area contributed by atoms with E-state index in [9.17, 15) is 4.79 Å². The maximum atomic E-state index is 10.3. The van der Waals surface area contributed by atoms with Gasteiger partial charge in [0.15, 0.2) is 0 Å². The Morgan fingerprint density at radius 3 is 1.41 bits per heavy atom. The van der Waals surface area contributed by atoms with E-state index in [0.29, 0.717) is 38.8 Å². The Morgan fingerprint density at radius 2 is 1.15 bits per heavy atom. The van der Waals surface area contributed by atoms with Crippen LogP contribution in [0.25, 0.3) is 0 Å².